The molecule has 0 spiro atoms. The van der Waals surface area contributed by atoms with E-state index in [4.69, 9.17) is 10.5 Å². The molecule has 5 heteroatoms. The molecule has 5 nitrogen and oxygen atoms in total. The van der Waals surface area contributed by atoms with Crippen LogP contribution in [-0.4, -0.2) is 30.1 Å². The maximum Gasteiger partial charge on any atom is 0.255 e. The molecule has 1 aromatic rings. The lowest BCUT2D eigenvalue weighted by Gasteiger charge is -2.38. The number of aromatic nitrogens is 1. The molecule has 0 aliphatic heterocycles. The van der Waals surface area contributed by atoms with Crippen LogP contribution in [0.4, 0.5) is 0 Å². The number of pyridine rings is 1. The number of ether oxygens (including phenoxy) is 1. The normalized spacial score (nSPS) is 17.1. The SMILES string of the molecule is COc1cnccc1C(=O)NCC1(N)CCC1. The van der Waals surface area contributed by atoms with Gasteiger partial charge in [-0.25, -0.2) is 0 Å². The fraction of sp³-hybridized carbons (Fsp3) is 0.500. The summed E-state index contributed by atoms with van der Waals surface area (Å²) in [5.41, 5.74) is 6.32. The molecular weight excluding hydrogens is 218 g/mol. The Balaban J connectivity index is 1.99. The van der Waals surface area contributed by atoms with Gasteiger partial charge < -0.3 is 15.8 Å². The van der Waals surface area contributed by atoms with E-state index in [2.05, 4.69) is 10.3 Å². The van der Waals surface area contributed by atoms with Gasteiger partial charge in [-0.1, -0.05) is 0 Å². The van der Waals surface area contributed by atoms with Crippen LogP contribution in [0.15, 0.2) is 18.5 Å². The molecule has 0 aromatic carbocycles. The summed E-state index contributed by atoms with van der Waals surface area (Å²) in [5.74, 6) is 0.311. The van der Waals surface area contributed by atoms with Crippen molar-refractivity contribution in [1.29, 1.82) is 0 Å². The first-order chi connectivity index (χ1) is 8.14. The first kappa shape index (κ1) is 11.9. The minimum Gasteiger partial charge on any atom is -0.494 e. The average molecular weight is 235 g/mol. The fourth-order valence-electron chi connectivity index (χ4n) is 1.89. The number of amides is 1. The van der Waals surface area contributed by atoms with Gasteiger partial charge in [0.2, 0.25) is 0 Å². The van der Waals surface area contributed by atoms with Gasteiger partial charge in [0, 0.05) is 18.3 Å². The van der Waals surface area contributed by atoms with Gasteiger partial charge in [-0.05, 0) is 25.3 Å². The van der Waals surface area contributed by atoms with Gasteiger partial charge in [0.15, 0.2) is 0 Å². The first-order valence-corrected chi connectivity index (χ1v) is 5.70. The van der Waals surface area contributed by atoms with Crippen molar-refractivity contribution in [3.05, 3.63) is 24.0 Å². The molecule has 2 rings (SSSR count). The van der Waals surface area contributed by atoms with Crippen molar-refractivity contribution in [1.82, 2.24) is 10.3 Å². The Bertz CT molecular complexity index is 416. The predicted octanol–water partition coefficient (Wildman–Crippen LogP) is 0.701. The molecule has 1 aliphatic rings. The molecule has 1 amide bonds. The third kappa shape index (κ3) is 2.55. The van der Waals surface area contributed by atoms with Gasteiger partial charge in [-0.2, -0.15) is 0 Å². The quantitative estimate of drug-likeness (QED) is 0.805. The van der Waals surface area contributed by atoms with Crippen molar-refractivity contribution in [3.8, 4) is 5.75 Å². The molecule has 0 saturated heterocycles. The Labute approximate surface area is 100 Å². The van der Waals surface area contributed by atoms with Crippen LogP contribution < -0.4 is 15.8 Å². The highest BCUT2D eigenvalue weighted by molar-refractivity contribution is 5.96. The third-order valence-electron chi connectivity index (χ3n) is 3.20. The van der Waals surface area contributed by atoms with Gasteiger partial charge in [0.05, 0.1) is 18.9 Å². The van der Waals surface area contributed by atoms with Crippen LogP contribution in [0.3, 0.4) is 0 Å². The van der Waals surface area contributed by atoms with Gasteiger partial charge in [-0.15, -0.1) is 0 Å². The van der Waals surface area contributed by atoms with Crippen molar-refractivity contribution in [2.24, 2.45) is 5.73 Å². The second-order valence-corrected chi connectivity index (χ2v) is 4.47. The second-order valence-electron chi connectivity index (χ2n) is 4.47. The summed E-state index contributed by atoms with van der Waals surface area (Å²) in [6.45, 7) is 0.511. The zero-order valence-corrected chi connectivity index (χ0v) is 9.90. The molecule has 0 bridgehead atoms. The number of hydrogen-bond donors (Lipinski definition) is 2. The molecule has 1 heterocycles. The summed E-state index contributed by atoms with van der Waals surface area (Å²) in [6.07, 6.45) is 6.18. The van der Waals surface area contributed by atoms with Crippen molar-refractivity contribution < 1.29 is 9.53 Å². The highest BCUT2D eigenvalue weighted by Gasteiger charge is 2.32. The number of rotatable bonds is 4. The van der Waals surface area contributed by atoms with Crippen molar-refractivity contribution >= 4 is 5.91 Å². The second kappa shape index (κ2) is 4.71. The molecule has 1 saturated carbocycles. The number of nitrogens with one attached hydrogen (secondary N) is 1. The van der Waals surface area contributed by atoms with E-state index in [1.54, 1.807) is 12.3 Å². The lowest BCUT2D eigenvalue weighted by Crippen LogP contribution is -2.54. The third-order valence-corrected chi connectivity index (χ3v) is 3.20. The van der Waals surface area contributed by atoms with Crippen LogP contribution in [-0.2, 0) is 0 Å². The molecule has 92 valence electrons. The molecule has 1 aliphatic carbocycles. The lowest BCUT2D eigenvalue weighted by atomic mass is 9.78. The maximum atomic E-state index is 11.9. The molecule has 1 fully saturated rings. The van der Waals surface area contributed by atoms with Crippen molar-refractivity contribution in [2.75, 3.05) is 13.7 Å². The highest BCUT2D eigenvalue weighted by atomic mass is 16.5. The number of nitrogens with two attached hydrogens (primary N) is 1. The smallest absolute Gasteiger partial charge is 0.255 e. The zero-order chi connectivity index (χ0) is 12.3. The number of hydrogen-bond acceptors (Lipinski definition) is 4. The van der Waals surface area contributed by atoms with Crippen LogP contribution in [0.5, 0.6) is 5.75 Å². The van der Waals surface area contributed by atoms with Gasteiger partial charge in [0.1, 0.15) is 5.75 Å². The topological polar surface area (TPSA) is 77.2 Å². The zero-order valence-electron chi connectivity index (χ0n) is 9.90. The van der Waals surface area contributed by atoms with Gasteiger partial charge >= 0.3 is 0 Å². The number of nitrogens with zero attached hydrogens (tertiary/aromatic N) is 1. The monoisotopic (exact) mass is 235 g/mol. The number of carbonyl (C=O) groups excluding carboxylic acids is 1. The molecule has 17 heavy (non-hydrogen) atoms. The van der Waals surface area contributed by atoms with Crippen LogP contribution in [0.1, 0.15) is 29.6 Å². The summed E-state index contributed by atoms with van der Waals surface area (Å²) >= 11 is 0. The van der Waals surface area contributed by atoms with E-state index >= 15 is 0 Å². The number of methoxy groups -OCH3 is 1. The summed E-state index contributed by atoms with van der Waals surface area (Å²) in [4.78, 5) is 15.8. The Hall–Kier alpha value is -1.62. The van der Waals surface area contributed by atoms with E-state index in [1.165, 1.54) is 13.3 Å². The minimum absolute atomic E-state index is 0.166. The van der Waals surface area contributed by atoms with Crippen molar-refractivity contribution in [2.45, 2.75) is 24.8 Å². The van der Waals surface area contributed by atoms with Gasteiger partial charge in [-0.3, -0.25) is 9.78 Å². The summed E-state index contributed by atoms with van der Waals surface area (Å²) in [5, 5.41) is 2.84. The lowest BCUT2D eigenvalue weighted by molar-refractivity contribution is 0.0926. The van der Waals surface area contributed by atoms with E-state index < -0.39 is 0 Å². The predicted molar refractivity (Wildman–Crippen MR) is 63.9 cm³/mol. The summed E-state index contributed by atoms with van der Waals surface area (Å²) in [6, 6.07) is 1.64. The van der Waals surface area contributed by atoms with E-state index in [1.807, 2.05) is 0 Å². The molecule has 0 radical (unpaired) electrons. The fourth-order valence-corrected chi connectivity index (χ4v) is 1.89. The molecule has 1 aromatic heterocycles. The van der Waals surface area contributed by atoms with E-state index in [0.717, 1.165) is 19.3 Å². The largest absolute Gasteiger partial charge is 0.494 e. The molecule has 0 unspecified atom stereocenters. The summed E-state index contributed by atoms with van der Waals surface area (Å²) < 4.78 is 5.08. The first-order valence-electron chi connectivity index (χ1n) is 5.70. The van der Waals surface area contributed by atoms with Crippen LogP contribution >= 0.6 is 0 Å². The maximum absolute atomic E-state index is 11.9. The minimum atomic E-state index is -0.212. The molecular formula is C12H17N3O2. The van der Waals surface area contributed by atoms with Crippen LogP contribution in [0, 0.1) is 0 Å². The summed E-state index contributed by atoms with van der Waals surface area (Å²) in [7, 11) is 1.52. The van der Waals surface area contributed by atoms with Gasteiger partial charge in [0.25, 0.3) is 5.91 Å². The Morgan fingerprint density at radius 2 is 2.41 bits per heavy atom. The van der Waals surface area contributed by atoms with E-state index in [-0.39, 0.29) is 11.4 Å². The van der Waals surface area contributed by atoms with E-state index in [9.17, 15) is 4.79 Å². The standard InChI is InChI=1S/C12H17N3O2/c1-17-10-7-14-6-3-9(10)11(16)15-8-12(13)4-2-5-12/h3,6-7H,2,4-5,8,13H2,1H3,(H,15,16). The van der Waals surface area contributed by atoms with Crippen LogP contribution in [0.25, 0.3) is 0 Å². The van der Waals surface area contributed by atoms with E-state index in [0.29, 0.717) is 17.9 Å². The Morgan fingerprint density at radius 1 is 1.65 bits per heavy atom. The van der Waals surface area contributed by atoms with Crippen molar-refractivity contribution in [3.63, 3.8) is 0 Å². The molecule has 3 N–H and O–H groups in total. The Morgan fingerprint density at radius 3 is 3.00 bits per heavy atom. The number of carbonyl (C=O) groups is 1. The average Bonchev–Trinajstić information content (AvgIpc) is 2.33. The molecule has 0 atom stereocenters. The Kier molecular flexibility index (Phi) is 3.28. The van der Waals surface area contributed by atoms with Crippen LogP contribution in [0.2, 0.25) is 0 Å². The highest BCUT2D eigenvalue weighted by Crippen LogP contribution is 2.28.